The van der Waals surface area contributed by atoms with Gasteiger partial charge in [-0.15, -0.1) is 0 Å². The van der Waals surface area contributed by atoms with Gasteiger partial charge in [-0.05, 0) is 98.8 Å². The largest absolute Gasteiger partial charge is 0.309 e. The topological polar surface area (TPSA) is 3.24 Å². The summed E-state index contributed by atoms with van der Waals surface area (Å²) in [5.74, 6) is 0. The number of hydrogen-bond acceptors (Lipinski definition) is 1. The van der Waals surface area contributed by atoms with Crippen LogP contribution < -0.4 is 4.90 Å². The minimum absolute atomic E-state index is 0.124. The van der Waals surface area contributed by atoms with Crippen molar-refractivity contribution >= 4 is 22.6 Å². The van der Waals surface area contributed by atoms with Gasteiger partial charge in [-0.2, -0.15) is 0 Å². The molecule has 8 rings (SSSR count). The number of nitrogens with zero attached hydrogens (tertiary/aromatic N) is 1. The van der Waals surface area contributed by atoms with Gasteiger partial charge >= 0.3 is 0 Å². The third-order valence-corrected chi connectivity index (χ3v) is 10.1. The van der Waals surface area contributed by atoms with Gasteiger partial charge in [0, 0.05) is 10.8 Å². The lowest BCUT2D eigenvalue weighted by Crippen LogP contribution is -2.38. The Hall–Kier alpha value is -4.62. The number of benzene rings is 5. The van der Waals surface area contributed by atoms with E-state index in [1.807, 2.05) is 0 Å². The molecule has 0 radical (unpaired) electrons. The molecule has 2 heterocycles. The van der Waals surface area contributed by atoms with Crippen molar-refractivity contribution in [1.82, 2.24) is 0 Å². The molecule has 0 saturated heterocycles. The first-order valence-corrected chi connectivity index (χ1v) is 15.6. The van der Waals surface area contributed by atoms with Crippen molar-refractivity contribution in [2.24, 2.45) is 0 Å². The van der Waals surface area contributed by atoms with Crippen LogP contribution in [0, 0.1) is 0 Å². The zero-order chi connectivity index (χ0) is 29.3. The van der Waals surface area contributed by atoms with Crippen molar-refractivity contribution in [2.45, 2.75) is 51.4 Å². The van der Waals surface area contributed by atoms with E-state index in [0.717, 1.165) is 12.8 Å². The van der Waals surface area contributed by atoms with E-state index in [4.69, 9.17) is 0 Å². The molecule has 0 fully saturated rings. The quantitative estimate of drug-likeness (QED) is 0.214. The van der Waals surface area contributed by atoms with Gasteiger partial charge in [0.25, 0.3) is 0 Å². The van der Waals surface area contributed by atoms with Crippen molar-refractivity contribution < 1.29 is 0 Å². The van der Waals surface area contributed by atoms with Gasteiger partial charge in [0.2, 0.25) is 0 Å². The molecule has 0 saturated carbocycles. The monoisotopic (exact) mass is 555 g/mol. The van der Waals surface area contributed by atoms with Crippen LogP contribution in [0.4, 0.5) is 17.1 Å². The van der Waals surface area contributed by atoms with Crippen LogP contribution in [0.5, 0.6) is 0 Å². The Labute approximate surface area is 255 Å². The summed E-state index contributed by atoms with van der Waals surface area (Å²) in [6, 6.07) is 41.1. The number of anilines is 3. The van der Waals surface area contributed by atoms with Gasteiger partial charge < -0.3 is 4.90 Å². The van der Waals surface area contributed by atoms with Crippen LogP contribution in [0.25, 0.3) is 27.8 Å². The van der Waals surface area contributed by atoms with E-state index in [1.54, 1.807) is 0 Å². The fourth-order valence-corrected chi connectivity index (χ4v) is 7.61. The highest BCUT2D eigenvalue weighted by Gasteiger charge is 2.45. The predicted octanol–water partition coefficient (Wildman–Crippen LogP) is 11.5. The fraction of sp³-hybridized carbons (Fsp3) is 0.190. The maximum absolute atomic E-state index is 2.55. The molecule has 210 valence electrons. The lowest BCUT2D eigenvalue weighted by Gasteiger charge is -2.49. The molecule has 0 atom stereocenters. The van der Waals surface area contributed by atoms with E-state index in [2.05, 4.69) is 160 Å². The zero-order valence-electron chi connectivity index (χ0n) is 25.5. The van der Waals surface area contributed by atoms with E-state index < -0.39 is 0 Å². The summed E-state index contributed by atoms with van der Waals surface area (Å²) in [6.45, 7) is 9.61. The van der Waals surface area contributed by atoms with E-state index in [9.17, 15) is 0 Å². The Balaban J connectivity index is 1.33. The normalized spacial score (nSPS) is 17.0. The van der Waals surface area contributed by atoms with Crippen molar-refractivity contribution in [3.05, 3.63) is 155 Å². The van der Waals surface area contributed by atoms with Crippen molar-refractivity contribution in [3.8, 4) is 22.3 Å². The van der Waals surface area contributed by atoms with Crippen LogP contribution in [-0.2, 0) is 10.8 Å². The van der Waals surface area contributed by atoms with Crippen LogP contribution >= 0.6 is 0 Å². The molecule has 0 N–H and O–H groups in total. The molecular weight excluding hydrogens is 518 g/mol. The van der Waals surface area contributed by atoms with Crippen LogP contribution in [-0.4, -0.2) is 0 Å². The summed E-state index contributed by atoms with van der Waals surface area (Å²) in [5.41, 5.74) is 17.0. The van der Waals surface area contributed by atoms with E-state index in [0.29, 0.717) is 0 Å². The Kier molecular flexibility index (Phi) is 5.72. The minimum Gasteiger partial charge on any atom is -0.309 e. The lowest BCUT2D eigenvalue weighted by atomic mass is 9.65. The molecule has 1 nitrogen and oxygen atoms in total. The second-order valence-electron chi connectivity index (χ2n) is 13.4. The van der Waals surface area contributed by atoms with Crippen molar-refractivity contribution in [3.63, 3.8) is 0 Å². The minimum atomic E-state index is -0.182. The summed E-state index contributed by atoms with van der Waals surface area (Å²) in [5, 5.41) is 0. The number of fused-ring (bicyclic) bond motifs is 4. The van der Waals surface area contributed by atoms with Crippen LogP contribution in [0.3, 0.4) is 0 Å². The van der Waals surface area contributed by atoms with E-state index >= 15 is 0 Å². The summed E-state index contributed by atoms with van der Waals surface area (Å²) < 4.78 is 0. The summed E-state index contributed by atoms with van der Waals surface area (Å²) in [4.78, 5) is 2.55. The number of allylic oxidation sites excluding steroid dienone is 4. The Bertz CT molecular complexity index is 1950. The van der Waals surface area contributed by atoms with Gasteiger partial charge in [0.1, 0.15) is 0 Å². The van der Waals surface area contributed by atoms with Crippen LogP contribution in [0.2, 0.25) is 0 Å². The third-order valence-electron chi connectivity index (χ3n) is 10.1. The SMILES string of the molecule is CC1(C)c2ccccc2N2c3ccc(-c4ccc(C5=CC=CCC5)cc4)cc3C(C)(C)c3cc(-c4ccccc4)cc1c32. The zero-order valence-corrected chi connectivity index (χ0v) is 25.5. The van der Waals surface area contributed by atoms with E-state index in [-0.39, 0.29) is 10.8 Å². The van der Waals surface area contributed by atoms with E-state index in [1.165, 1.54) is 72.7 Å². The Morgan fingerprint density at radius 2 is 1.09 bits per heavy atom. The molecule has 2 aliphatic heterocycles. The van der Waals surface area contributed by atoms with Gasteiger partial charge in [-0.3, -0.25) is 0 Å². The highest BCUT2D eigenvalue weighted by atomic mass is 15.2. The summed E-state index contributed by atoms with van der Waals surface area (Å²) in [6.07, 6.45) is 8.93. The molecule has 0 amide bonds. The average molecular weight is 556 g/mol. The first-order valence-electron chi connectivity index (χ1n) is 15.6. The third kappa shape index (κ3) is 3.91. The maximum Gasteiger partial charge on any atom is 0.0544 e. The first-order chi connectivity index (χ1) is 20.8. The highest BCUT2D eigenvalue weighted by molar-refractivity contribution is 5.95. The van der Waals surface area contributed by atoms with Gasteiger partial charge in [-0.1, -0.05) is 125 Å². The standard InChI is InChI=1S/C42H37N/c1-41(2)34-17-11-12-18-38(34)43-39-24-23-32(31-21-19-30(20-22-31)28-13-7-5-8-14-28)25-35(39)42(3,4)37-27-33(26-36(41)40(37)43)29-15-9-6-10-16-29/h5-7,9-13,15-27H,8,14H2,1-4H3. The van der Waals surface area contributed by atoms with Crippen LogP contribution in [0.15, 0.2) is 127 Å². The molecule has 1 aliphatic carbocycles. The smallest absolute Gasteiger partial charge is 0.0544 e. The van der Waals surface area contributed by atoms with Gasteiger partial charge in [-0.25, -0.2) is 0 Å². The molecule has 3 aliphatic rings. The molecule has 0 spiro atoms. The number of rotatable bonds is 3. The molecule has 5 aromatic rings. The Morgan fingerprint density at radius 3 is 1.81 bits per heavy atom. The predicted molar refractivity (Wildman–Crippen MR) is 183 cm³/mol. The molecule has 5 aromatic carbocycles. The second-order valence-corrected chi connectivity index (χ2v) is 13.4. The summed E-state index contributed by atoms with van der Waals surface area (Å²) in [7, 11) is 0. The first kappa shape index (κ1) is 26.0. The average Bonchev–Trinajstić information content (AvgIpc) is 3.05. The van der Waals surface area contributed by atoms with Crippen molar-refractivity contribution in [2.75, 3.05) is 4.90 Å². The van der Waals surface area contributed by atoms with Crippen molar-refractivity contribution in [1.29, 1.82) is 0 Å². The maximum atomic E-state index is 2.55. The molecule has 1 heteroatoms. The lowest BCUT2D eigenvalue weighted by molar-refractivity contribution is 0.598. The summed E-state index contributed by atoms with van der Waals surface area (Å²) >= 11 is 0. The van der Waals surface area contributed by atoms with Gasteiger partial charge in [0.05, 0.1) is 17.1 Å². The highest BCUT2D eigenvalue weighted by Crippen LogP contribution is 2.61. The Morgan fingerprint density at radius 1 is 0.512 bits per heavy atom. The fourth-order valence-electron chi connectivity index (χ4n) is 7.61. The number of hydrogen-bond donors (Lipinski definition) is 0. The molecular formula is C42H37N. The number of para-hydroxylation sites is 1. The molecule has 0 unspecified atom stereocenters. The van der Waals surface area contributed by atoms with Crippen LogP contribution in [0.1, 0.15) is 68.4 Å². The van der Waals surface area contributed by atoms with Gasteiger partial charge in [0.15, 0.2) is 0 Å². The molecule has 43 heavy (non-hydrogen) atoms. The molecule has 0 bridgehead atoms. The molecule has 0 aromatic heterocycles. The second kappa shape index (κ2) is 9.44.